The fourth-order valence-electron chi connectivity index (χ4n) is 3.02. The van der Waals surface area contributed by atoms with E-state index in [0.717, 1.165) is 16.5 Å². The van der Waals surface area contributed by atoms with Gasteiger partial charge in [-0.25, -0.2) is 8.42 Å². The zero-order valence-corrected chi connectivity index (χ0v) is 13.4. The van der Waals surface area contributed by atoms with Crippen LogP contribution in [0, 0.1) is 6.92 Å². The third-order valence-corrected chi connectivity index (χ3v) is 5.95. The molecule has 0 saturated carbocycles. The SMILES string of the molecule is Cc1cnc2c(S(=O)(=O)N3CCc4cnccc43)cccc2c1. The van der Waals surface area contributed by atoms with Crippen LogP contribution in [-0.4, -0.2) is 24.9 Å². The molecule has 0 N–H and O–H groups in total. The molecule has 3 aromatic rings. The highest BCUT2D eigenvalue weighted by atomic mass is 32.2. The van der Waals surface area contributed by atoms with E-state index in [-0.39, 0.29) is 4.90 Å². The Morgan fingerprint density at radius 2 is 2.04 bits per heavy atom. The molecule has 0 amide bonds. The second-order valence-electron chi connectivity index (χ2n) is 5.67. The van der Waals surface area contributed by atoms with E-state index in [1.165, 1.54) is 4.31 Å². The van der Waals surface area contributed by atoms with Gasteiger partial charge in [-0.3, -0.25) is 14.3 Å². The fraction of sp³-hybridized carbons (Fsp3) is 0.176. The zero-order chi connectivity index (χ0) is 16.0. The van der Waals surface area contributed by atoms with E-state index in [1.807, 2.05) is 19.1 Å². The van der Waals surface area contributed by atoms with Crippen LogP contribution in [0.4, 0.5) is 5.69 Å². The minimum absolute atomic E-state index is 0.250. The van der Waals surface area contributed by atoms with Crippen LogP contribution in [0.2, 0.25) is 0 Å². The van der Waals surface area contributed by atoms with Gasteiger partial charge in [0, 0.05) is 30.5 Å². The van der Waals surface area contributed by atoms with Crippen LogP contribution >= 0.6 is 0 Å². The summed E-state index contributed by atoms with van der Waals surface area (Å²) in [6.07, 6.45) is 5.73. The van der Waals surface area contributed by atoms with Crippen molar-refractivity contribution in [3.63, 3.8) is 0 Å². The molecule has 0 spiro atoms. The number of fused-ring (bicyclic) bond motifs is 2. The third-order valence-electron chi connectivity index (χ3n) is 4.11. The van der Waals surface area contributed by atoms with Crippen molar-refractivity contribution in [2.24, 2.45) is 0 Å². The third kappa shape index (κ3) is 2.17. The summed E-state index contributed by atoms with van der Waals surface area (Å²) in [5, 5.41) is 0.834. The van der Waals surface area contributed by atoms with Crippen LogP contribution in [0.1, 0.15) is 11.1 Å². The van der Waals surface area contributed by atoms with E-state index in [0.29, 0.717) is 24.2 Å². The van der Waals surface area contributed by atoms with Gasteiger partial charge in [-0.1, -0.05) is 12.1 Å². The molecule has 0 saturated heterocycles. The van der Waals surface area contributed by atoms with Gasteiger partial charge in [-0.15, -0.1) is 0 Å². The second-order valence-corrected chi connectivity index (χ2v) is 7.50. The molecule has 1 aliphatic heterocycles. The maximum absolute atomic E-state index is 13.2. The molecule has 0 aliphatic carbocycles. The van der Waals surface area contributed by atoms with Gasteiger partial charge in [-0.2, -0.15) is 0 Å². The number of para-hydroxylation sites is 1. The molecule has 4 rings (SSSR count). The van der Waals surface area contributed by atoms with Gasteiger partial charge in [0.2, 0.25) is 0 Å². The van der Waals surface area contributed by atoms with Gasteiger partial charge in [0.05, 0.1) is 11.2 Å². The first-order chi connectivity index (χ1) is 11.1. The monoisotopic (exact) mass is 325 g/mol. The van der Waals surface area contributed by atoms with Crippen molar-refractivity contribution in [2.45, 2.75) is 18.2 Å². The smallest absolute Gasteiger partial charge is 0.266 e. The molecular formula is C17H15N3O2S. The van der Waals surface area contributed by atoms with Gasteiger partial charge in [-0.05, 0) is 42.7 Å². The number of pyridine rings is 2. The van der Waals surface area contributed by atoms with Crippen LogP contribution in [0.15, 0.2) is 53.8 Å². The average molecular weight is 325 g/mol. The van der Waals surface area contributed by atoms with Crippen LogP contribution in [0.3, 0.4) is 0 Å². The summed E-state index contributed by atoms with van der Waals surface area (Å²) >= 11 is 0. The molecule has 116 valence electrons. The number of anilines is 1. The predicted molar refractivity (Wildman–Crippen MR) is 89.0 cm³/mol. The molecule has 0 atom stereocenters. The Morgan fingerprint density at radius 1 is 1.17 bits per heavy atom. The van der Waals surface area contributed by atoms with Gasteiger partial charge in [0.1, 0.15) is 4.90 Å². The quantitative estimate of drug-likeness (QED) is 0.727. The van der Waals surface area contributed by atoms with Crippen molar-refractivity contribution in [1.29, 1.82) is 0 Å². The Kier molecular flexibility index (Phi) is 3.09. The Hall–Kier alpha value is -2.47. The van der Waals surface area contributed by atoms with E-state index >= 15 is 0 Å². The largest absolute Gasteiger partial charge is 0.266 e. The maximum Gasteiger partial charge on any atom is 0.266 e. The average Bonchev–Trinajstić information content (AvgIpc) is 2.98. The Balaban J connectivity index is 1.91. The number of aryl methyl sites for hydroxylation is 1. The normalized spacial score (nSPS) is 14.2. The molecule has 0 fully saturated rings. The number of hydrogen-bond acceptors (Lipinski definition) is 4. The lowest BCUT2D eigenvalue weighted by Crippen LogP contribution is -2.29. The molecule has 1 aliphatic rings. The fourth-order valence-corrected chi connectivity index (χ4v) is 4.69. The molecule has 0 bridgehead atoms. The lowest BCUT2D eigenvalue weighted by Gasteiger charge is -2.20. The van der Waals surface area contributed by atoms with Crippen LogP contribution in [0.5, 0.6) is 0 Å². The first-order valence-electron chi connectivity index (χ1n) is 7.38. The summed E-state index contributed by atoms with van der Waals surface area (Å²) in [5.74, 6) is 0. The molecule has 0 unspecified atom stereocenters. The number of rotatable bonds is 2. The molecule has 6 heteroatoms. The maximum atomic E-state index is 13.2. The minimum Gasteiger partial charge on any atom is -0.266 e. The minimum atomic E-state index is -3.65. The van der Waals surface area contributed by atoms with E-state index < -0.39 is 10.0 Å². The number of aromatic nitrogens is 2. The van der Waals surface area contributed by atoms with Crippen molar-refractivity contribution >= 4 is 26.6 Å². The molecule has 1 aromatic carbocycles. The van der Waals surface area contributed by atoms with Crippen LogP contribution in [0.25, 0.3) is 10.9 Å². The number of benzene rings is 1. The highest BCUT2D eigenvalue weighted by molar-refractivity contribution is 7.93. The summed E-state index contributed by atoms with van der Waals surface area (Å²) in [6.45, 7) is 2.38. The molecule has 2 aromatic heterocycles. The first kappa shape index (κ1) is 14.1. The summed E-state index contributed by atoms with van der Waals surface area (Å²) < 4.78 is 27.8. The summed E-state index contributed by atoms with van der Waals surface area (Å²) in [4.78, 5) is 8.68. The number of sulfonamides is 1. The summed E-state index contributed by atoms with van der Waals surface area (Å²) in [7, 11) is -3.65. The van der Waals surface area contributed by atoms with Crippen molar-refractivity contribution in [3.8, 4) is 0 Å². The molecule has 3 heterocycles. The lowest BCUT2D eigenvalue weighted by molar-refractivity contribution is 0.593. The second kappa shape index (κ2) is 5.03. The van der Waals surface area contributed by atoms with Gasteiger partial charge in [0.25, 0.3) is 10.0 Å². The van der Waals surface area contributed by atoms with Crippen molar-refractivity contribution < 1.29 is 8.42 Å². The highest BCUT2D eigenvalue weighted by Gasteiger charge is 2.32. The van der Waals surface area contributed by atoms with Crippen molar-refractivity contribution in [1.82, 2.24) is 9.97 Å². The Bertz CT molecular complexity index is 1020. The lowest BCUT2D eigenvalue weighted by atomic mass is 10.2. The standard InChI is InChI=1S/C17H15N3O2S/c1-12-9-13-3-2-4-16(17(13)19-10-12)23(21,22)20-8-6-14-11-18-7-5-15(14)20/h2-5,7,9-11H,6,8H2,1H3. The van der Waals surface area contributed by atoms with Crippen molar-refractivity contribution in [3.05, 3.63) is 60.0 Å². The van der Waals surface area contributed by atoms with Gasteiger partial charge in [0.15, 0.2) is 0 Å². The van der Waals surface area contributed by atoms with E-state index in [4.69, 9.17) is 0 Å². The molecular weight excluding hydrogens is 310 g/mol. The molecule has 5 nitrogen and oxygen atoms in total. The highest BCUT2D eigenvalue weighted by Crippen LogP contribution is 2.34. The predicted octanol–water partition coefficient (Wildman–Crippen LogP) is 2.69. The summed E-state index contributed by atoms with van der Waals surface area (Å²) in [6, 6.07) is 8.97. The number of hydrogen-bond donors (Lipinski definition) is 0. The Morgan fingerprint density at radius 3 is 2.91 bits per heavy atom. The van der Waals surface area contributed by atoms with Gasteiger partial charge < -0.3 is 0 Å². The number of nitrogens with zero attached hydrogens (tertiary/aromatic N) is 3. The first-order valence-corrected chi connectivity index (χ1v) is 8.82. The molecule has 23 heavy (non-hydrogen) atoms. The van der Waals surface area contributed by atoms with E-state index in [2.05, 4.69) is 9.97 Å². The van der Waals surface area contributed by atoms with E-state index in [1.54, 1.807) is 36.8 Å². The molecule has 0 radical (unpaired) electrons. The van der Waals surface area contributed by atoms with Crippen LogP contribution < -0.4 is 4.31 Å². The Labute approximate surface area is 134 Å². The van der Waals surface area contributed by atoms with E-state index in [9.17, 15) is 8.42 Å². The topological polar surface area (TPSA) is 63.2 Å². The van der Waals surface area contributed by atoms with Gasteiger partial charge >= 0.3 is 0 Å². The summed E-state index contributed by atoms with van der Waals surface area (Å²) in [5.41, 5.74) is 3.19. The van der Waals surface area contributed by atoms with Crippen molar-refractivity contribution in [2.75, 3.05) is 10.8 Å². The zero-order valence-electron chi connectivity index (χ0n) is 12.6. The van der Waals surface area contributed by atoms with Crippen LogP contribution in [-0.2, 0) is 16.4 Å².